The second-order valence-corrected chi connectivity index (χ2v) is 5.40. The highest BCUT2D eigenvalue weighted by molar-refractivity contribution is 9.10. The number of carbonyl (C=O) groups excluding carboxylic acids is 1. The largest absolute Gasteiger partial charge is 0.321 e. The molecule has 0 radical (unpaired) electrons. The maximum absolute atomic E-state index is 13.8. The number of carbonyl (C=O) groups is 1. The zero-order valence-corrected chi connectivity index (χ0v) is 12.4. The van der Waals surface area contributed by atoms with Crippen molar-refractivity contribution in [2.24, 2.45) is 0 Å². The van der Waals surface area contributed by atoms with E-state index in [0.29, 0.717) is 10.2 Å². The number of anilines is 1. The molecule has 0 aliphatic rings. The van der Waals surface area contributed by atoms with Crippen molar-refractivity contribution in [2.75, 3.05) is 5.32 Å². The second-order valence-electron chi connectivity index (χ2n) is 4.48. The van der Waals surface area contributed by atoms with E-state index in [1.165, 1.54) is 12.1 Å². The van der Waals surface area contributed by atoms with Crippen molar-refractivity contribution in [3.8, 4) is 0 Å². The lowest BCUT2D eigenvalue weighted by atomic mass is 10.1. The van der Waals surface area contributed by atoms with Crippen LogP contribution < -0.4 is 5.32 Å². The van der Waals surface area contributed by atoms with E-state index in [1.807, 2.05) is 18.2 Å². The van der Waals surface area contributed by atoms with Crippen molar-refractivity contribution < 1.29 is 9.18 Å². The Morgan fingerprint density at radius 1 is 1.19 bits per heavy atom. The smallest absolute Gasteiger partial charge is 0.258 e. The van der Waals surface area contributed by atoms with E-state index >= 15 is 0 Å². The molecule has 0 bridgehead atoms. The fourth-order valence-electron chi connectivity index (χ4n) is 2.09. The summed E-state index contributed by atoms with van der Waals surface area (Å²) < 4.78 is 14.4. The molecule has 21 heavy (non-hydrogen) atoms. The van der Waals surface area contributed by atoms with Crippen LogP contribution in [0.25, 0.3) is 10.8 Å². The lowest BCUT2D eigenvalue weighted by Crippen LogP contribution is -2.14. The van der Waals surface area contributed by atoms with Gasteiger partial charge in [-0.05, 0) is 30.3 Å². The van der Waals surface area contributed by atoms with E-state index in [4.69, 9.17) is 0 Å². The summed E-state index contributed by atoms with van der Waals surface area (Å²) in [5.41, 5.74) is 0.631. The van der Waals surface area contributed by atoms with Gasteiger partial charge in [0.05, 0.1) is 5.56 Å². The summed E-state index contributed by atoms with van der Waals surface area (Å²) in [6.07, 6.45) is 3.36. The first-order valence-electron chi connectivity index (χ1n) is 6.24. The highest BCUT2D eigenvalue weighted by atomic mass is 79.9. The molecule has 0 spiro atoms. The predicted molar refractivity (Wildman–Crippen MR) is 83.8 cm³/mol. The number of nitrogens with zero attached hydrogens (tertiary/aromatic N) is 1. The molecule has 0 saturated carbocycles. The van der Waals surface area contributed by atoms with Gasteiger partial charge in [0.2, 0.25) is 0 Å². The van der Waals surface area contributed by atoms with Gasteiger partial charge in [0.25, 0.3) is 5.91 Å². The molecule has 0 fully saturated rings. The molecule has 1 N–H and O–H groups in total. The molecule has 0 aliphatic heterocycles. The number of rotatable bonds is 2. The van der Waals surface area contributed by atoms with Crippen LogP contribution in [0.5, 0.6) is 0 Å². The van der Waals surface area contributed by atoms with E-state index in [2.05, 4.69) is 26.2 Å². The summed E-state index contributed by atoms with van der Waals surface area (Å²) in [7, 11) is 0. The summed E-state index contributed by atoms with van der Waals surface area (Å²) in [5, 5.41) is 4.51. The third-order valence-electron chi connectivity index (χ3n) is 3.10. The molecule has 1 aromatic heterocycles. The number of hydrogen-bond acceptors (Lipinski definition) is 2. The number of amides is 1. The zero-order valence-electron chi connectivity index (χ0n) is 10.8. The first-order chi connectivity index (χ1) is 10.1. The Kier molecular flexibility index (Phi) is 3.66. The van der Waals surface area contributed by atoms with Gasteiger partial charge in [-0.3, -0.25) is 9.78 Å². The van der Waals surface area contributed by atoms with Crippen molar-refractivity contribution in [1.82, 2.24) is 4.98 Å². The van der Waals surface area contributed by atoms with Gasteiger partial charge in [-0.2, -0.15) is 0 Å². The fourth-order valence-corrected chi connectivity index (χ4v) is 2.43. The van der Waals surface area contributed by atoms with Gasteiger partial charge >= 0.3 is 0 Å². The molecule has 104 valence electrons. The maximum atomic E-state index is 13.8. The molecule has 3 nitrogen and oxygen atoms in total. The Labute approximate surface area is 128 Å². The average Bonchev–Trinajstić information content (AvgIpc) is 2.47. The predicted octanol–water partition coefficient (Wildman–Crippen LogP) is 4.39. The first-order valence-corrected chi connectivity index (χ1v) is 7.03. The summed E-state index contributed by atoms with van der Waals surface area (Å²) in [4.78, 5) is 16.2. The molecule has 0 unspecified atom stereocenters. The van der Waals surface area contributed by atoms with Crippen molar-refractivity contribution in [1.29, 1.82) is 0 Å². The molecule has 0 atom stereocenters. The summed E-state index contributed by atoms with van der Waals surface area (Å²) in [6, 6.07) is 11.6. The first kappa shape index (κ1) is 13.7. The molecule has 3 rings (SSSR count). The molecule has 1 amide bonds. The van der Waals surface area contributed by atoms with Crippen LogP contribution in [0.15, 0.2) is 59.3 Å². The molecule has 3 aromatic rings. The van der Waals surface area contributed by atoms with Gasteiger partial charge in [0.15, 0.2) is 0 Å². The van der Waals surface area contributed by atoms with Crippen LogP contribution in [0.2, 0.25) is 0 Å². The van der Waals surface area contributed by atoms with Gasteiger partial charge in [-0.1, -0.05) is 28.1 Å². The van der Waals surface area contributed by atoms with Gasteiger partial charge < -0.3 is 5.32 Å². The van der Waals surface area contributed by atoms with Crippen LogP contribution >= 0.6 is 15.9 Å². The van der Waals surface area contributed by atoms with Gasteiger partial charge in [0.1, 0.15) is 5.82 Å². The third kappa shape index (κ3) is 2.78. The fraction of sp³-hybridized carbons (Fsp3) is 0. The number of hydrogen-bond donors (Lipinski definition) is 1. The van der Waals surface area contributed by atoms with Crippen LogP contribution in [-0.4, -0.2) is 10.9 Å². The van der Waals surface area contributed by atoms with Crippen LogP contribution in [-0.2, 0) is 0 Å². The highest BCUT2D eigenvalue weighted by Crippen LogP contribution is 2.23. The highest BCUT2D eigenvalue weighted by Gasteiger charge is 2.13. The minimum atomic E-state index is -0.566. The quantitative estimate of drug-likeness (QED) is 0.749. The van der Waals surface area contributed by atoms with E-state index < -0.39 is 11.7 Å². The number of fused-ring (bicyclic) bond motifs is 1. The normalized spacial score (nSPS) is 10.6. The van der Waals surface area contributed by atoms with Gasteiger partial charge in [-0.25, -0.2) is 4.39 Å². The van der Waals surface area contributed by atoms with E-state index in [9.17, 15) is 9.18 Å². The molecule has 0 saturated heterocycles. The van der Waals surface area contributed by atoms with E-state index in [1.54, 1.807) is 24.5 Å². The van der Waals surface area contributed by atoms with Crippen LogP contribution in [0.4, 0.5) is 10.1 Å². The van der Waals surface area contributed by atoms with Crippen molar-refractivity contribution >= 4 is 38.3 Å². The SMILES string of the molecule is O=C(Nc1cccc2cnccc12)c1ccc(Br)cc1F. The van der Waals surface area contributed by atoms with Crippen molar-refractivity contribution in [3.05, 3.63) is 70.7 Å². The second kappa shape index (κ2) is 5.61. The molecule has 5 heteroatoms. The Morgan fingerprint density at radius 2 is 2.05 bits per heavy atom. The lowest BCUT2D eigenvalue weighted by molar-refractivity contribution is 0.102. The average molecular weight is 345 g/mol. The monoisotopic (exact) mass is 344 g/mol. The van der Waals surface area contributed by atoms with Crippen LogP contribution in [0.1, 0.15) is 10.4 Å². The summed E-state index contributed by atoms with van der Waals surface area (Å²) >= 11 is 3.17. The van der Waals surface area contributed by atoms with Gasteiger partial charge in [0, 0.05) is 33.3 Å². The molecule has 2 aromatic carbocycles. The number of nitrogens with one attached hydrogen (secondary N) is 1. The number of halogens is 2. The summed E-state index contributed by atoms with van der Waals surface area (Å²) in [5.74, 6) is -1.05. The molecule has 1 heterocycles. The Hall–Kier alpha value is -2.27. The molecular formula is C16H10BrFN2O. The Balaban J connectivity index is 1.97. The number of pyridine rings is 1. The molecule has 0 aliphatic carbocycles. The van der Waals surface area contributed by atoms with Crippen LogP contribution in [0.3, 0.4) is 0 Å². The van der Waals surface area contributed by atoms with Crippen molar-refractivity contribution in [3.63, 3.8) is 0 Å². The molecular weight excluding hydrogens is 335 g/mol. The van der Waals surface area contributed by atoms with E-state index in [0.717, 1.165) is 10.8 Å². The van der Waals surface area contributed by atoms with Crippen LogP contribution in [0, 0.1) is 5.82 Å². The van der Waals surface area contributed by atoms with Gasteiger partial charge in [-0.15, -0.1) is 0 Å². The standard InChI is InChI=1S/C16H10BrFN2O/c17-11-4-5-13(14(18)8-11)16(21)20-15-3-1-2-10-9-19-7-6-12(10)15/h1-9H,(H,20,21). The van der Waals surface area contributed by atoms with Crippen molar-refractivity contribution in [2.45, 2.75) is 0 Å². The minimum Gasteiger partial charge on any atom is -0.321 e. The van der Waals surface area contributed by atoms with E-state index in [-0.39, 0.29) is 5.56 Å². The number of aromatic nitrogens is 1. The minimum absolute atomic E-state index is 0.00394. The zero-order chi connectivity index (χ0) is 14.8. The third-order valence-corrected chi connectivity index (χ3v) is 3.60. The topological polar surface area (TPSA) is 42.0 Å². The Bertz CT molecular complexity index is 830. The maximum Gasteiger partial charge on any atom is 0.258 e. The lowest BCUT2D eigenvalue weighted by Gasteiger charge is -2.09. The Morgan fingerprint density at radius 3 is 2.86 bits per heavy atom. The summed E-state index contributed by atoms with van der Waals surface area (Å²) in [6.45, 7) is 0. The number of benzene rings is 2.